The molecule has 2 rings (SSSR count). The molecule has 23 heavy (non-hydrogen) atoms. The third-order valence-electron chi connectivity index (χ3n) is 2.96. The number of nitriles is 1. The van der Waals surface area contributed by atoms with Crippen LogP contribution in [0.25, 0.3) is 0 Å². The molecule has 0 aromatic heterocycles. The van der Waals surface area contributed by atoms with Crippen molar-refractivity contribution in [3.63, 3.8) is 0 Å². The SMILES string of the molecule is C/C(=N/NC(=O)COc1ccc(C#N)cc1)c1ccc(Cl)cc1. The molecule has 0 heterocycles. The van der Waals surface area contributed by atoms with E-state index in [1.807, 2.05) is 18.2 Å². The fraction of sp³-hybridized carbons (Fsp3) is 0.118. The maximum Gasteiger partial charge on any atom is 0.277 e. The van der Waals surface area contributed by atoms with Gasteiger partial charge in [-0.05, 0) is 48.9 Å². The van der Waals surface area contributed by atoms with Crippen LogP contribution >= 0.6 is 11.6 Å². The van der Waals surface area contributed by atoms with Crippen molar-refractivity contribution in [1.29, 1.82) is 5.26 Å². The number of nitrogens with one attached hydrogen (secondary N) is 1. The highest BCUT2D eigenvalue weighted by molar-refractivity contribution is 6.30. The zero-order chi connectivity index (χ0) is 16.7. The van der Waals surface area contributed by atoms with E-state index in [9.17, 15) is 4.79 Å². The highest BCUT2D eigenvalue weighted by Crippen LogP contribution is 2.11. The predicted octanol–water partition coefficient (Wildman–Crippen LogP) is 3.13. The van der Waals surface area contributed by atoms with E-state index in [0.717, 1.165) is 5.56 Å². The van der Waals surface area contributed by atoms with Crippen LogP contribution in [0.4, 0.5) is 0 Å². The van der Waals surface area contributed by atoms with Crippen molar-refractivity contribution in [1.82, 2.24) is 5.43 Å². The van der Waals surface area contributed by atoms with Gasteiger partial charge < -0.3 is 4.74 Å². The molecular formula is C17H14ClN3O2. The molecule has 0 radical (unpaired) electrons. The van der Waals surface area contributed by atoms with Gasteiger partial charge in [0, 0.05) is 5.02 Å². The summed E-state index contributed by atoms with van der Waals surface area (Å²) in [6.45, 7) is 1.62. The number of ether oxygens (including phenoxy) is 1. The second-order valence-electron chi connectivity index (χ2n) is 4.66. The van der Waals surface area contributed by atoms with Crippen LogP contribution in [0.1, 0.15) is 18.1 Å². The molecule has 0 saturated heterocycles. The topological polar surface area (TPSA) is 74.5 Å². The minimum atomic E-state index is -0.373. The summed E-state index contributed by atoms with van der Waals surface area (Å²) in [6, 6.07) is 15.7. The van der Waals surface area contributed by atoms with Crippen molar-refractivity contribution in [2.75, 3.05) is 6.61 Å². The van der Waals surface area contributed by atoms with Gasteiger partial charge in [-0.2, -0.15) is 10.4 Å². The Kier molecular flexibility index (Phi) is 5.73. The number of benzene rings is 2. The minimum absolute atomic E-state index is 0.163. The lowest BCUT2D eigenvalue weighted by atomic mass is 10.1. The van der Waals surface area contributed by atoms with Crippen molar-refractivity contribution < 1.29 is 9.53 Å². The lowest BCUT2D eigenvalue weighted by molar-refractivity contribution is -0.123. The summed E-state index contributed by atoms with van der Waals surface area (Å²) in [5, 5.41) is 13.4. The van der Waals surface area contributed by atoms with E-state index in [1.54, 1.807) is 43.3 Å². The summed E-state index contributed by atoms with van der Waals surface area (Å²) < 4.78 is 5.31. The normalized spacial score (nSPS) is 10.7. The largest absolute Gasteiger partial charge is 0.484 e. The molecule has 0 unspecified atom stereocenters. The highest BCUT2D eigenvalue weighted by atomic mass is 35.5. The Hall–Kier alpha value is -2.84. The molecule has 0 saturated carbocycles. The third kappa shape index (κ3) is 5.13. The molecule has 0 aliphatic rings. The van der Waals surface area contributed by atoms with Crippen molar-refractivity contribution >= 4 is 23.2 Å². The molecule has 6 heteroatoms. The Morgan fingerprint density at radius 3 is 2.48 bits per heavy atom. The van der Waals surface area contributed by atoms with Crippen LogP contribution in [0.5, 0.6) is 5.75 Å². The van der Waals surface area contributed by atoms with Crippen LogP contribution in [0, 0.1) is 11.3 Å². The van der Waals surface area contributed by atoms with E-state index in [4.69, 9.17) is 21.6 Å². The Bertz CT molecular complexity index is 747. The summed E-state index contributed by atoms with van der Waals surface area (Å²) in [5.41, 5.74) is 4.48. The Labute approximate surface area is 139 Å². The van der Waals surface area contributed by atoms with Gasteiger partial charge in [-0.25, -0.2) is 5.43 Å². The Morgan fingerprint density at radius 2 is 1.87 bits per heavy atom. The first kappa shape index (κ1) is 16.5. The number of halogens is 1. The Morgan fingerprint density at radius 1 is 1.22 bits per heavy atom. The smallest absolute Gasteiger partial charge is 0.277 e. The average Bonchev–Trinajstić information content (AvgIpc) is 2.59. The molecule has 0 spiro atoms. The zero-order valence-corrected chi connectivity index (χ0v) is 13.2. The second kappa shape index (κ2) is 7.97. The standard InChI is InChI=1S/C17H14ClN3O2/c1-12(14-4-6-15(18)7-5-14)20-21-17(22)11-23-16-8-2-13(10-19)3-9-16/h2-9H,11H2,1H3,(H,21,22)/b20-12-. The quantitative estimate of drug-likeness (QED) is 0.677. The number of amides is 1. The van der Waals surface area contributed by atoms with Gasteiger partial charge in [0.1, 0.15) is 5.75 Å². The van der Waals surface area contributed by atoms with Gasteiger partial charge in [0.2, 0.25) is 0 Å². The van der Waals surface area contributed by atoms with Gasteiger partial charge in [0.15, 0.2) is 6.61 Å². The van der Waals surface area contributed by atoms with Gasteiger partial charge in [0.05, 0.1) is 17.3 Å². The van der Waals surface area contributed by atoms with Crippen molar-refractivity contribution in [2.45, 2.75) is 6.92 Å². The predicted molar refractivity (Wildman–Crippen MR) is 88.5 cm³/mol. The number of rotatable bonds is 5. The molecule has 116 valence electrons. The van der Waals surface area contributed by atoms with E-state index < -0.39 is 0 Å². The van der Waals surface area contributed by atoms with E-state index in [0.29, 0.717) is 22.0 Å². The first-order valence-corrected chi connectivity index (χ1v) is 7.18. The molecule has 0 aliphatic carbocycles. The molecule has 2 aromatic rings. The van der Waals surface area contributed by atoms with Gasteiger partial charge in [-0.3, -0.25) is 4.79 Å². The minimum Gasteiger partial charge on any atom is -0.484 e. The number of carbonyl (C=O) groups is 1. The summed E-state index contributed by atoms with van der Waals surface area (Å²) in [7, 11) is 0. The van der Waals surface area contributed by atoms with Gasteiger partial charge in [-0.15, -0.1) is 0 Å². The van der Waals surface area contributed by atoms with E-state index in [-0.39, 0.29) is 12.5 Å². The Balaban J connectivity index is 1.85. The fourth-order valence-electron chi connectivity index (χ4n) is 1.71. The lowest BCUT2D eigenvalue weighted by Gasteiger charge is -2.06. The zero-order valence-electron chi connectivity index (χ0n) is 12.4. The number of carbonyl (C=O) groups excluding carboxylic acids is 1. The van der Waals surface area contributed by atoms with Crippen molar-refractivity contribution in [3.8, 4) is 11.8 Å². The average molecular weight is 328 g/mol. The fourth-order valence-corrected chi connectivity index (χ4v) is 1.83. The van der Waals surface area contributed by atoms with Crippen molar-refractivity contribution in [3.05, 3.63) is 64.7 Å². The second-order valence-corrected chi connectivity index (χ2v) is 5.10. The molecule has 5 nitrogen and oxygen atoms in total. The first-order valence-electron chi connectivity index (χ1n) is 6.80. The van der Waals surface area contributed by atoms with E-state index in [2.05, 4.69) is 10.5 Å². The maximum atomic E-state index is 11.7. The molecule has 2 aromatic carbocycles. The van der Waals surface area contributed by atoms with Gasteiger partial charge >= 0.3 is 0 Å². The van der Waals surface area contributed by atoms with Gasteiger partial charge in [-0.1, -0.05) is 23.7 Å². The maximum absolute atomic E-state index is 11.7. The molecular weight excluding hydrogens is 314 g/mol. The summed E-state index contributed by atoms with van der Waals surface area (Å²) in [4.78, 5) is 11.7. The third-order valence-corrected chi connectivity index (χ3v) is 3.22. The van der Waals surface area contributed by atoms with Crippen molar-refractivity contribution in [2.24, 2.45) is 5.10 Å². The van der Waals surface area contributed by atoms with Crippen LogP contribution in [0.3, 0.4) is 0 Å². The number of hydrogen-bond acceptors (Lipinski definition) is 4. The molecule has 1 amide bonds. The summed E-state index contributed by atoms with van der Waals surface area (Å²) in [5.74, 6) is 0.139. The van der Waals surface area contributed by atoms with Crippen LogP contribution in [-0.2, 0) is 4.79 Å². The monoisotopic (exact) mass is 327 g/mol. The van der Waals surface area contributed by atoms with E-state index in [1.165, 1.54) is 0 Å². The first-order chi connectivity index (χ1) is 11.1. The van der Waals surface area contributed by atoms with Crippen LogP contribution in [0.15, 0.2) is 53.6 Å². The molecule has 1 N–H and O–H groups in total. The molecule has 0 bridgehead atoms. The number of nitrogens with zero attached hydrogens (tertiary/aromatic N) is 2. The van der Waals surface area contributed by atoms with Gasteiger partial charge in [0.25, 0.3) is 5.91 Å². The van der Waals surface area contributed by atoms with E-state index >= 15 is 0 Å². The summed E-state index contributed by atoms with van der Waals surface area (Å²) in [6.07, 6.45) is 0. The number of hydrazone groups is 1. The molecule has 0 atom stereocenters. The summed E-state index contributed by atoms with van der Waals surface area (Å²) >= 11 is 5.82. The van der Waals surface area contributed by atoms with Crippen LogP contribution in [0.2, 0.25) is 5.02 Å². The van der Waals surface area contributed by atoms with Crippen LogP contribution < -0.4 is 10.2 Å². The number of hydrogen-bond donors (Lipinski definition) is 1. The van der Waals surface area contributed by atoms with Crippen LogP contribution in [-0.4, -0.2) is 18.2 Å². The molecule has 0 aliphatic heterocycles. The highest BCUT2D eigenvalue weighted by Gasteiger charge is 2.03. The molecule has 0 fully saturated rings. The lowest BCUT2D eigenvalue weighted by Crippen LogP contribution is -2.25.